The minimum absolute atomic E-state index is 0. The second kappa shape index (κ2) is 3.96. The first kappa shape index (κ1) is 9.61. The Morgan fingerprint density at radius 1 is 1.31 bits per heavy atom. The molecule has 0 atom stereocenters. The SMILES string of the molecule is Cl.O=COc1cccc2cc[nH]c12. The molecule has 0 saturated heterocycles. The predicted molar refractivity (Wildman–Crippen MR) is 52.2 cm³/mol. The van der Waals surface area contributed by atoms with Gasteiger partial charge in [0.1, 0.15) is 0 Å². The molecule has 0 saturated carbocycles. The lowest BCUT2D eigenvalue weighted by molar-refractivity contribution is -0.120. The van der Waals surface area contributed by atoms with E-state index in [0.717, 1.165) is 10.9 Å². The summed E-state index contributed by atoms with van der Waals surface area (Å²) in [4.78, 5) is 13.1. The van der Waals surface area contributed by atoms with E-state index in [1.807, 2.05) is 24.4 Å². The summed E-state index contributed by atoms with van der Waals surface area (Å²) in [5.41, 5.74) is 0.851. The van der Waals surface area contributed by atoms with Crippen LogP contribution in [0.4, 0.5) is 0 Å². The highest BCUT2D eigenvalue weighted by Crippen LogP contribution is 2.22. The van der Waals surface area contributed by atoms with E-state index >= 15 is 0 Å². The van der Waals surface area contributed by atoms with E-state index in [1.54, 1.807) is 6.07 Å². The van der Waals surface area contributed by atoms with Crippen molar-refractivity contribution < 1.29 is 9.53 Å². The minimum atomic E-state index is 0. The van der Waals surface area contributed by atoms with E-state index in [1.165, 1.54) is 0 Å². The van der Waals surface area contributed by atoms with Crippen molar-refractivity contribution in [1.29, 1.82) is 0 Å². The molecule has 2 aromatic rings. The van der Waals surface area contributed by atoms with Crippen molar-refractivity contribution in [2.75, 3.05) is 0 Å². The van der Waals surface area contributed by atoms with Gasteiger partial charge in [0.05, 0.1) is 5.52 Å². The van der Waals surface area contributed by atoms with Crippen molar-refractivity contribution in [2.45, 2.75) is 0 Å². The van der Waals surface area contributed by atoms with Gasteiger partial charge in [-0.25, -0.2) is 0 Å². The first-order valence-electron chi connectivity index (χ1n) is 3.58. The molecule has 1 aromatic heterocycles. The lowest BCUT2D eigenvalue weighted by Gasteiger charge is -1.97. The molecule has 2 rings (SSSR count). The van der Waals surface area contributed by atoms with Gasteiger partial charge in [-0.1, -0.05) is 12.1 Å². The third-order valence-electron chi connectivity index (χ3n) is 1.72. The summed E-state index contributed by atoms with van der Waals surface area (Å²) in [6.45, 7) is 0.426. The monoisotopic (exact) mass is 197 g/mol. The van der Waals surface area contributed by atoms with Crippen LogP contribution in [-0.4, -0.2) is 11.5 Å². The molecule has 13 heavy (non-hydrogen) atoms. The van der Waals surface area contributed by atoms with Gasteiger partial charge in [0, 0.05) is 11.6 Å². The van der Waals surface area contributed by atoms with Crippen molar-refractivity contribution in [3.8, 4) is 5.75 Å². The van der Waals surface area contributed by atoms with Crippen LogP contribution >= 0.6 is 12.4 Å². The Kier molecular flexibility index (Phi) is 2.93. The normalized spacial score (nSPS) is 9.23. The number of hydrogen-bond acceptors (Lipinski definition) is 2. The Bertz CT molecular complexity index is 411. The van der Waals surface area contributed by atoms with Gasteiger partial charge in [-0.15, -0.1) is 12.4 Å². The molecule has 0 bridgehead atoms. The predicted octanol–water partition coefficient (Wildman–Crippen LogP) is 2.12. The molecule has 3 nitrogen and oxygen atoms in total. The fourth-order valence-electron chi connectivity index (χ4n) is 1.21. The molecule has 0 spiro atoms. The van der Waals surface area contributed by atoms with E-state index in [-0.39, 0.29) is 12.4 Å². The second-order valence-corrected chi connectivity index (χ2v) is 2.41. The number of rotatable bonds is 2. The Labute approximate surface area is 81.1 Å². The summed E-state index contributed by atoms with van der Waals surface area (Å²) in [6, 6.07) is 7.46. The molecule has 1 N–H and O–H groups in total. The number of ether oxygens (including phenoxy) is 1. The van der Waals surface area contributed by atoms with E-state index in [9.17, 15) is 4.79 Å². The molecule has 0 unspecified atom stereocenters. The topological polar surface area (TPSA) is 42.1 Å². The quantitative estimate of drug-likeness (QED) is 0.750. The summed E-state index contributed by atoms with van der Waals surface area (Å²) >= 11 is 0. The van der Waals surface area contributed by atoms with Gasteiger partial charge in [0.2, 0.25) is 0 Å². The van der Waals surface area contributed by atoms with Crippen molar-refractivity contribution in [2.24, 2.45) is 0 Å². The number of fused-ring (bicyclic) bond motifs is 1. The molecule has 0 aliphatic heterocycles. The maximum absolute atomic E-state index is 10.1. The fraction of sp³-hybridized carbons (Fsp3) is 0. The van der Waals surface area contributed by atoms with E-state index < -0.39 is 0 Å². The van der Waals surface area contributed by atoms with Gasteiger partial charge in [-0.2, -0.15) is 0 Å². The van der Waals surface area contributed by atoms with E-state index in [0.29, 0.717) is 12.2 Å². The molecule has 68 valence electrons. The summed E-state index contributed by atoms with van der Waals surface area (Å²) in [5, 5.41) is 1.04. The molecule has 1 heterocycles. The summed E-state index contributed by atoms with van der Waals surface area (Å²) in [6.07, 6.45) is 1.81. The van der Waals surface area contributed by atoms with Crippen LogP contribution in [0.3, 0.4) is 0 Å². The zero-order valence-corrected chi connectivity index (χ0v) is 7.51. The van der Waals surface area contributed by atoms with Crippen LogP contribution in [0.1, 0.15) is 0 Å². The number of benzene rings is 1. The first-order chi connectivity index (χ1) is 5.92. The van der Waals surface area contributed by atoms with Crippen molar-refractivity contribution in [3.05, 3.63) is 30.5 Å². The van der Waals surface area contributed by atoms with Crippen molar-refractivity contribution in [3.63, 3.8) is 0 Å². The largest absolute Gasteiger partial charge is 0.427 e. The Morgan fingerprint density at radius 2 is 2.15 bits per heavy atom. The average molecular weight is 198 g/mol. The third-order valence-corrected chi connectivity index (χ3v) is 1.72. The molecule has 0 amide bonds. The smallest absolute Gasteiger partial charge is 0.298 e. The van der Waals surface area contributed by atoms with Gasteiger partial charge in [0.25, 0.3) is 6.47 Å². The van der Waals surface area contributed by atoms with Gasteiger partial charge < -0.3 is 9.72 Å². The molecular formula is C9H8ClNO2. The number of halogens is 1. The lowest BCUT2D eigenvalue weighted by atomic mass is 10.2. The maximum atomic E-state index is 10.1. The van der Waals surface area contributed by atoms with Crippen LogP contribution < -0.4 is 4.74 Å². The number of carbonyl (C=O) groups is 1. The average Bonchev–Trinajstić information content (AvgIpc) is 2.53. The highest BCUT2D eigenvalue weighted by atomic mass is 35.5. The number of aromatic nitrogens is 1. The second-order valence-electron chi connectivity index (χ2n) is 2.41. The maximum Gasteiger partial charge on any atom is 0.298 e. The summed E-state index contributed by atoms with van der Waals surface area (Å²) in [7, 11) is 0. The summed E-state index contributed by atoms with van der Waals surface area (Å²) < 4.78 is 4.77. The molecule has 1 aromatic carbocycles. The number of hydrogen-bond donors (Lipinski definition) is 1. The molecule has 4 heteroatoms. The van der Waals surface area contributed by atoms with E-state index in [4.69, 9.17) is 4.74 Å². The van der Waals surface area contributed by atoms with Crippen molar-refractivity contribution in [1.82, 2.24) is 4.98 Å². The molecule has 0 aliphatic carbocycles. The Hall–Kier alpha value is -1.48. The first-order valence-corrected chi connectivity index (χ1v) is 3.58. The zero-order valence-electron chi connectivity index (χ0n) is 6.69. The van der Waals surface area contributed by atoms with Crippen LogP contribution in [0.5, 0.6) is 5.75 Å². The van der Waals surface area contributed by atoms with Crippen LogP contribution in [0.2, 0.25) is 0 Å². The lowest BCUT2D eigenvalue weighted by Crippen LogP contribution is -1.88. The standard InChI is InChI=1S/C9H7NO2.ClH/c11-6-12-8-3-1-2-7-4-5-10-9(7)8;/h1-6,10H;1H. The Balaban J connectivity index is 0.000000845. The van der Waals surface area contributed by atoms with Crippen LogP contribution in [-0.2, 0) is 4.79 Å². The van der Waals surface area contributed by atoms with Gasteiger partial charge >= 0.3 is 0 Å². The van der Waals surface area contributed by atoms with Gasteiger partial charge in [-0.3, -0.25) is 4.79 Å². The highest BCUT2D eigenvalue weighted by molar-refractivity contribution is 5.86. The van der Waals surface area contributed by atoms with Crippen molar-refractivity contribution >= 4 is 29.8 Å². The van der Waals surface area contributed by atoms with Crippen LogP contribution in [0, 0.1) is 0 Å². The third kappa shape index (κ3) is 1.65. The number of aromatic amines is 1. The molecule has 0 radical (unpaired) electrons. The summed E-state index contributed by atoms with van der Waals surface area (Å²) in [5.74, 6) is 0.563. The van der Waals surface area contributed by atoms with Crippen LogP contribution in [0.15, 0.2) is 30.5 Å². The molecule has 0 fully saturated rings. The number of H-pyrrole nitrogens is 1. The highest BCUT2D eigenvalue weighted by Gasteiger charge is 2.00. The van der Waals surface area contributed by atoms with E-state index in [2.05, 4.69) is 4.98 Å². The molecule has 0 aliphatic rings. The number of para-hydroxylation sites is 1. The molecular weight excluding hydrogens is 190 g/mol. The zero-order chi connectivity index (χ0) is 8.39. The van der Waals surface area contributed by atoms with Gasteiger partial charge in [-0.05, 0) is 12.1 Å². The minimum Gasteiger partial charge on any atom is -0.427 e. The fourth-order valence-corrected chi connectivity index (χ4v) is 1.21. The number of carbonyl (C=O) groups excluding carboxylic acids is 1. The number of nitrogens with one attached hydrogen (secondary N) is 1. The van der Waals surface area contributed by atoms with Crippen LogP contribution in [0.25, 0.3) is 10.9 Å². The van der Waals surface area contributed by atoms with Gasteiger partial charge in [0.15, 0.2) is 5.75 Å². The Morgan fingerprint density at radius 3 is 2.92 bits per heavy atom.